The second kappa shape index (κ2) is 2.80. The molecule has 2 rings (SSSR count). The van der Waals surface area contributed by atoms with Crippen LogP contribution in [0, 0.1) is 6.92 Å². The van der Waals surface area contributed by atoms with E-state index < -0.39 is 0 Å². The van der Waals surface area contributed by atoms with Crippen LogP contribution in [-0.2, 0) is 12.8 Å². The van der Waals surface area contributed by atoms with Crippen LogP contribution in [0.2, 0.25) is 4.34 Å². The summed E-state index contributed by atoms with van der Waals surface area (Å²) in [5.41, 5.74) is 2.99. The molecule has 0 fully saturated rings. The first-order valence-corrected chi connectivity index (χ1v) is 5.25. The molecule has 0 spiro atoms. The van der Waals surface area contributed by atoms with Crippen LogP contribution < -0.4 is 0 Å². The van der Waals surface area contributed by atoms with Crippen LogP contribution >= 0.6 is 22.9 Å². The number of hydrogen-bond acceptors (Lipinski definition) is 1. The maximum absolute atomic E-state index is 6.08. The van der Waals surface area contributed by atoms with E-state index in [4.69, 9.17) is 11.6 Å². The van der Waals surface area contributed by atoms with Crippen LogP contribution in [-0.4, -0.2) is 0 Å². The summed E-state index contributed by atoms with van der Waals surface area (Å²) in [4.78, 5) is 1.43. The van der Waals surface area contributed by atoms with E-state index in [1.54, 1.807) is 16.9 Å². The quantitative estimate of drug-likeness (QED) is 0.581. The first-order valence-electron chi connectivity index (χ1n) is 4.05. The molecule has 0 N–H and O–H groups in total. The summed E-state index contributed by atoms with van der Waals surface area (Å²) in [6, 6.07) is 0. The minimum atomic E-state index is 1.04. The van der Waals surface area contributed by atoms with E-state index in [2.05, 4.69) is 6.92 Å². The van der Waals surface area contributed by atoms with Gasteiger partial charge < -0.3 is 0 Å². The molecule has 1 aliphatic rings. The smallest absolute Gasteiger partial charge is 0.0965 e. The van der Waals surface area contributed by atoms with Gasteiger partial charge in [-0.25, -0.2) is 0 Å². The number of halogens is 1. The lowest BCUT2D eigenvalue weighted by molar-refractivity contribution is 0.687. The number of fused-ring (bicyclic) bond motifs is 1. The van der Waals surface area contributed by atoms with Crippen molar-refractivity contribution in [2.75, 3.05) is 0 Å². The summed E-state index contributed by atoms with van der Waals surface area (Å²) >= 11 is 7.83. The first kappa shape index (κ1) is 7.63. The van der Waals surface area contributed by atoms with E-state index >= 15 is 0 Å². The molecular weight excluding hydrogens is 176 g/mol. The van der Waals surface area contributed by atoms with Gasteiger partial charge in [0.05, 0.1) is 4.34 Å². The van der Waals surface area contributed by atoms with E-state index in [0.717, 1.165) is 4.34 Å². The Balaban J connectivity index is 2.52. The van der Waals surface area contributed by atoms with E-state index in [1.807, 2.05) is 0 Å². The monoisotopic (exact) mass is 186 g/mol. The van der Waals surface area contributed by atoms with Gasteiger partial charge in [0.25, 0.3) is 0 Å². The van der Waals surface area contributed by atoms with Gasteiger partial charge in [0, 0.05) is 4.88 Å². The van der Waals surface area contributed by atoms with Gasteiger partial charge in [0.15, 0.2) is 0 Å². The van der Waals surface area contributed by atoms with Crippen molar-refractivity contribution in [1.82, 2.24) is 0 Å². The van der Waals surface area contributed by atoms with Gasteiger partial charge in [0.2, 0.25) is 0 Å². The van der Waals surface area contributed by atoms with Crippen LogP contribution in [0.15, 0.2) is 0 Å². The van der Waals surface area contributed by atoms with Gasteiger partial charge in [0.1, 0.15) is 0 Å². The molecule has 1 heterocycles. The molecule has 0 saturated carbocycles. The Labute approximate surface area is 76.2 Å². The van der Waals surface area contributed by atoms with E-state index in [1.165, 1.54) is 36.1 Å². The van der Waals surface area contributed by atoms with Crippen LogP contribution in [0.5, 0.6) is 0 Å². The van der Waals surface area contributed by atoms with Crippen LogP contribution in [0.3, 0.4) is 0 Å². The highest BCUT2D eigenvalue weighted by atomic mass is 35.5. The maximum atomic E-state index is 6.08. The standard InChI is InChI=1S/C9H11ClS/c1-6-7-4-2-3-5-8(7)9(10)11-6/h2-5H2,1H3. The predicted molar refractivity (Wildman–Crippen MR) is 50.7 cm³/mol. The average Bonchev–Trinajstić information content (AvgIpc) is 2.30. The molecule has 2 heteroatoms. The van der Waals surface area contributed by atoms with Crippen molar-refractivity contribution in [2.45, 2.75) is 32.6 Å². The SMILES string of the molecule is Cc1sc(Cl)c2c1CCCC2. The molecule has 1 aromatic heterocycles. The summed E-state index contributed by atoms with van der Waals surface area (Å²) in [5.74, 6) is 0. The Morgan fingerprint density at radius 1 is 1.18 bits per heavy atom. The molecule has 0 aromatic carbocycles. The Morgan fingerprint density at radius 3 is 2.45 bits per heavy atom. The Kier molecular flexibility index (Phi) is 1.94. The zero-order valence-corrected chi connectivity index (χ0v) is 8.19. The van der Waals surface area contributed by atoms with E-state index in [0.29, 0.717) is 0 Å². The fourth-order valence-corrected chi connectivity index (χ4v) is 3.29. The Morgan fingerprint density at radius 2 is 1.82 bits per heavy atom. The highest BCUT2D eigenvalue weighted by Gasteiger charge is 2.16. The lowest BCUT2D eigenvalue weighted by atomic mass is 9.94. The fraction of sp³-hybridized carbons (Fsp3) is 0.556. The van der Waals surface area contributed by atoms with Crippen molar-refractivity contribution in [3.05, 3.63) is 20.3 Å². The van der Waals surface area contributed by atoms with Gasteiger partial charge in [-0.05, 0) is 43.7 Å². The summed E-state index contributed by atoms with van der Waals surface area (Å²) in [6.45, 7) is 2.18. The molecule has 0 atom stereocenters. The molecule has 1 aliphatic carbocycles. The van der Waals surface area contributed by atoms with Crippen LogP contribution in [0.1, 0.15) is 28.8 Å². The summed E-state index contributed by atoms with van der Waals surface area (Å²) in [5, 5.41) is 0. The minimum Gasteiger partial charge on any atom is -0.128 e. The Bertz CT molecular complexity index is 249. The van der Waals surface area contributed by atoms with Crippen molar-refractivity contribution >= 4 is 22.9 Å². The van der Waals surface area contributed by atoms with Gasteiger partial charge in [-0.15, -0.1) is 11.3 Å². The van der Waals surface area contributed by atoms with Crippen molar-refractivity contribution in [2.24, 2.45) is 0 Å². The van der Waals surface area contributed by atoms with Crippen molar-refractivity contribution < 1.29 is 0 Å². The summed E-state index contributed by atoms with van der Waals surface area (Å²) in [7, 11) is 0. The average molecular weight is 187 g/mol. The number of thiophene rings is 1. The first-order chi connectivity index (χ1) is 5.29. The van der Waals surface area contributed by atoms with Crippen molar-refractivity contribution in [3.8, 4) is 0 Å². The third-order valence-electron chi connectivity index (χ3n) is 2.37. The molecule has 11 heavy (non-hydrogen) atoms. The fourth-order valence-electron chi connectivity index (χ4n) is 1.77. The molecule has 0 bridgehead atoms. The van der Waals surface area contributed by atoms with Crippen LogP contribution in [0.4, 0.5) is 0 Å². The summed E-state index contributed by atoms with van der Waals surface area (Å²) < 4.78 is 1.04. The number of hydrogen-bond donors (Lipinski definition) is 0. The summed E-state index contributed by atoms with van der Waals surface area (Å²) in [6.07, 6.45) is 5.13. The van der Waals surface area contributed by atoms with Gasteiger partial charge >= 0.3 is 0 Å². The van der Waals surface area contributed by atoms with Gasteiger partial charge in [-0.3, -0.25) is 0 Å². The second-order valence-electron chi connectivity index (χ2n) is 3.10. The predicted octanol–water partition coefficient (Wildman–Crippen LogP) is 3.59. The van der Waals surface area contributed by atoms with Gasteiger partial charge in [-0.2, -0.15) is 0 Å². The lowest BCUT2D eigenvalue weighted by Crippen LogP contribution is -2.00. The molecule has 0 nitrogen and oxygen atoms in total. The molecule has 0 saturated heterocycles. The second-order valence-corrected chi connectivity index (χ2v) is 4.92. The normalized spacial score (nSPS) is 16.5. The van der Waals surface area contributed by atoms with E-state index in [9.17, 15) is 0 Å². The van der Waals surface area contributed by atoms with Crippen molar-refractivity contribution in [3.63, 3.8) is 0 Å². The molecule has 0 amide bonds. The molecule has 0 aliphatic heterocycles. The highest BCUT2D eigenvalue weighted by Crippen LogP contribution is 2.36. The topological polar surface area (TPSA) is 0 Å². The third kappa shape index (κ3) is 1.21. The number of rotatable bonds is 0. The number of aryl methyl sites for hydroxylation is 1. The van der Waals surface area contributed by atoms with E-state index in [-0.39, 0.29) is 0 Å². The largest absolute Gasteiger partial charge is 0.128 e. The van der Waals surface area contributed by atoms with Crippen molar-refractivity contribution in [1.29, 1.82) is 0 Å². The molecule has 0 radical (unpaired) electrons. The molecule has 60 valence electrons. The zero-order valence-electron chi connectivity index (χ0n) is 6.61. The molecule has 1 aromatic rings. The molecule has 0 unspecified atom stereocenters. The lowest BCUT2D eigenvalue weighted by Gasteiger charge is -2.11. The molecular formula is C9H11ClS. The minimum absolute atomic E-state index is 1.04. The van der Waals surface area contributed by atoms with Gasteiger partial charge in [-0.1, -0.05) is 11.6 Å². The highest BCUT2D eigenvalue weighted by molar-refractivity contribution is 7.16. The maximum Gasteiger partial charge on any atom is 0.0965 e. The Hall–Kier alpha value is -0.0100. The van der Waals surface area contributed by atoms with Crippen LogP contribution in [0.25, 0.3) is 0 Å². The third-order valence-corrected chi connectivity index (χ3v) is 3.81. The zero-order chi connectivity index (χ0) is 7.84.